The number of hydrogen-bond acceptors (Lipinski definition) is 5. The van der Waals surface area contributed by atoms with Crippen LogP contribution in [-0.2, 0) is 14.8 Å². The zero-order valence-corrected chi connectivity index (χ0v) is 15.3. The Hall–Kier alpha value is -2.71. The molecule has 2 aromatic rings. The van der Waals surface area contributed by atoms with Crippen LogP contribution in [0.15, 0.2) is 53.4 Å². The van der Waals surface area contributed by atoms with Crippen LogP contribution in [0.25, 0.3) is 0 Å². The molecule has 0 spiro atoms. The van der Waals surface area contributed by atoms with E-state index in [4.69, 9.17) is 4.74 Å². The third-order valence-corrected chi connectivity index (χ3v) is 5.05. The Morgan fingerprint density at radius 3 is 2.38 bits per heavy atom. The maximum absolute atomic E-state index is 12.2. The lowest BCUT2D eigenvalue weighted by atomic mass is 10.2. The van der Waals surface area contributed by atoms with Crippen LogP contribution in [0.4, 0.5) is 5.69 Å². The van der Waals surface area contributed by atoms with Crippen LogP contribution in [0, 0.1) is 0 Å². The number of nitrogens with one attached hydrogen (secondary N) is 2. The van der Waals surface area contributed by atoms with Gasteiger partial charge in [-0.15, -0.1) is 0 Å². The van der Waals surface area contributed by atoms with Gasteiger partial charge in [0.15, 0.2) is 5.78 Å². The summed E-state index contributed by atoms with van der Waals surface area (Å²) in [5.74, 6) is 0.140. The Balaban J connectivity index is 1.89. The number of carbonyl (C=O) groups is 2. The van der Waals surface area contributed by atoms with Gasteiger partial charge in [-0.3, -0.25) is 9.59 Å². The molecular weight excluding hydrogens is 356 g/mol. The quantitative estimate of drug-likeness (QED) is 0.688. The third-order valence-electron chi connectivity index (χ3n) is 3.57. The van der Waals surface area contributed by atoms with Gasteiger partial charge in [0.2, 0.25) is 15.9 Å². The molecule has 0 heterocycles. The molecule has 0 atom stereocenters. The average molecular weight is 376 g/mol. The highest BCUT2D eigenvalue weighted by atomic mass is 32.2. The minimum Gasteiger partial charge on any atom is -0.497 e. The van der Waals surface area contributed by atoms with Gasteiger partial charge in [0.25, 0.3) is 0 Å². The van der Waals surface area contributed by atoms with Crippen LogP contribution in [0.1, 0.15) is 23.7 Å². The van der Waals surface area contributed by atoms with Crippen LogP contribution < -0.4 is 14.8 Å². The van der Waals surface area contributed by atoms with E-state index >= 15 is 0 Å². The number of Topliss-reactive ketones (excluding diaryl/α,β-unsaturated/α-hetero) is 1. The smallest absolute Gasteiger partial charge is 0.240 e. The SMILES string of the molecule is COc1cccc(NC(=O)CCNS(=O)(=O)c2ccc(C(C)=O)cc2)c1. The lowest BCUT2D eigenvalue weighted by Gasteiger charge is -2.09. The third kappa shape index (κ3) is 5.40. The fraction of sp³-hybridized carbons (Fsp3) is 0.222. The molecule has 0 saturated carbocycles. The van der Waals surface area contributed by atoms with E-state index in [2.05, 4.69) is 10.0 Å². The van der Waals surface area contributed by atoms with Crippen LogP contribution >= 0.6 is 0 Å². The first kappa shape index (κ1) is 19.6. The number of rotatable bonds is 8. The molecule has 7 nitrogen and oxygen atoms in total. The summed E-state index contributed by atoms with van der Waals surface area (Å²) in [6.07, 6.45) is -0.0258. The number of sulfonamides is 1. The van der Waals surface area contributed by atoms with Gasteiger partial charge in [-0.1, -0.05) is 18.2 Å². The van der Waals surface area contributed by atoms with Gasteiger partial charge in [-0.25, -0.2) is 13.1 Å². The number of carbonyl (C=O) groups excluding carboxylic acids is 2. The summed E-state index contributed by atoms with van der Waals surface area (Å²) in [5, 5.41) is 2.67. The number of amides is 1. The van der Waals surface area contributed by atoms with Crippen molar-refractivity contribution in [1.29, 1.82) is 0 Å². The van der Waals surface area contributed by atoms with Gasteiger partial charge in [0, 0.05) is 30.3 Å². The number of hydrogen-bond donors (Lipinski definition) is 2. The van der Waals surface area contributed by atoms with Gasteiger partial charge in [-0.2, -0.15) is 0 Å². The molecule has 26 heavy (non-hydrogen) atoms. The Morgan fingerprint density at radius 2 is 1.77 bits per heavy atom. The predicted octanol–water partition coefficient (Wildman–Crippen LogP) is 2.20. The van der Waals surface area contributed by atoms with Gasteiger partial charge in [-0.05, 0) is 31.2 Å². The molecule has 0 saturated heterocycles. The van der Waals surface area contributed by atoms with Gasteiger partial charge in [0.05, 0.1) is 12.0 Å². The van der Waals surface area contributed by atoms with Crippen LogP contribution in [0.2, 0.25) is 0 Å². The summed E-state index contributed by atoms with van der Waals surface area (Å²) < 4.78 is 31.8. The number of ether oxygens (including phenoxy) is 1. The highest BCUT2D eigenvalue weighted by Crippen LogP contribution is 2.16. The van der Waals surface area contributed by atoms with Crippen LogP contribution in [0.3, 0.4) is 0 Å². The molecule has 138 valence electrons. The molecule has 0 bridgehead atoms. The maximum atomic E-state index is 12.2. The van der Waals surface area contributed by atoms with Gasteiger partial charge >= 0.3 is 0 Å². The monoisotopic (exact) mass is 376 g/mol. The Labute approximate surface area is 152 Å². The predicted molar refractivity (Wildman–Crippen MR) is 97.9 cm³/mol. The van der Waals surface area contributed by atoms with Crippen molar-refractivity contribution in [1.82, 2.24) is 4.72 Å². The van der Waals surface area contributed by atoms with E-state index in [1.807, 2.05) is 0 Å². The number of methoxy groups -OCH3 is 1. The van der Waals surface area contributed by atoms with Crippen molar-refractivity contribution >= 4 is 27.4 Å². The molecule has 8 heteroatoms. The molecule has 0 unspecified atom stereocenters. The molecule has 0 aliphatic heterocycles. The van der Waals surface area contributed by atoms with Crippen molar-refractivity contribution in [2.24, 2.45) is 0 Å². The van der Waals surface area contributed by atoms with Crippen LogP contribution in [0.5, 0.6) is 5.75 Å². The number of anilines is 1. The first-order valence-corrected chi connectivity index (χ1v) is 9.35. The van der Waals surface area contributed by atoms with Crippen molar-refractivity contribution in [3.05, 3.63) is 54.1 Å². The van der Waals surface area contributed by atoms with E-state index in [1.54, 1.807) is 24.3 Å². The maximum Gasteiger partial charge on any atom is 0.240 e. The van der Waals surface area contributed by atoms with E-state index in [0.717, 1.165) is 0 Å². The Kier molecular flexibility index (Phi) is 6.48. The molecular formula is C18H20N2O5S. The summed E-state index contributed by atoms with van der Waals surface area (Å²) >= 11 is 0. The summed E-state index contributed by atoms with van der Waals surface area (Å²) in [7, 11) is -2.22. The second kappa shape index (κ2) is 8.59. The molecule has 2 rings (SSSR count). The fourth-order valence-corrected chi connectivity index (χ4v) is 3.21. The average Bonchev–Trinajstić information content (AvgIpc) is 2.61. The molecule has 0 aromatic heterocycles. The lowest BCUT2D eigenvalue weighted by molar-refractivity contribution is -0.116. The molecule has 2 N–H and O–H groups in total. The Bertz CT molecular complexity index is 892. The molecule has 0 fully saturated rings. The standard InChI is InChI=1S/C18H20N2O5S/c1-13(21)14-6-8-17(9-7-14)26(23,24)19-11-10-18(22)20-15-4-3-5-16(12-15)25-2/h3-9,12,19H,10-11H2,1-2H3,(H,20,22). The normalized spacial score (nSPS) is 11.0. The highest BCUT2D eigenvalue weighted by Gasteiger charge is 2.14. The van der Waals surface area contributed by atoms with E-state index in [1.165, 1.54) is 38.3 Å². The fourth-order valence-electron chi connectivity index (χ4n) is 2.18. The van der Waals surface area contributed by atoms with Gasteiger partial charge < -0.3 is 10.1 Å². The van der Waals surface area contributed by atoms with E-state index in [9.17, 15) is 18.0 Å². The van der Waals surface area contributed by atoms with Crippen molar-refractivity contribution in [2.75, 3.05) is 19.0 Å². The number of benzene rings is 2. The largest absolute Gasteiger partial charge is 0.497 e. The van der Waals surface area contributed by atoms with Gasteiger partial charge in [0.1, 0.15) is 5.75 Å². The zero-order chi connectivity index (χ0) is 19.2. The second-order valence-corrected chi connectivity index (χ2v) is 7.28. The highest BCUT2D eigenvalue weighted by molar-refractivity contribution is 7.89. The van der Waals surface area contributed by atoms with Crippen LogP contribution in [-0.4, -0.2) is 33.8 Å². The molecule has 2 aromatic carbocycles. The summed E-state index contributed by atoms with van der Waals surface area (Å²) in [4.78, 5) is 23.2. The minimum atomic E-state index is -3.74. The molecule has 0 aliphatic carbocycles. The topological polar surface area (TPSA) is 102 Å². The lowest BCUT2D eigenvalue weighted by Crippen LogP contribution is -2.27. The van der Waals surface area contributed by atoms with Crippen molar-refractivity contribution in [3.63, 3.8) is 0 Å². The Morgan fingerprint density at radius 1 is 1.08 bits per heavy atom. The summed E-state index contributed by atoms with van der Waals surface area (Å²) in [5.41, 5.74) is 0.999. The first-order valence-electron chi connectivity index (χ1n) is 7.86. The first-order chi connectivity index (χ1) is 12.3. The van der Waals surface area contributed by atoms with Crippen molar-refractivity contribution < 1.29 is 22.7 Å². The van der Waals surface area contributed by atoms with E-state index in [0.29, 0.717) is 17.0 Å². The zero-order valence-electron chi connectivity index (χ0n) is 14.5. The molecule has 0 radical (unpaired) electrons. The van der Waals surface area contributed by atoms with E-state index < -0.39 is 10.0 Å². The summed E-state index contributed by atoms with van der Waals surface area (Å²) in [6.45, 7) is 1.36. The minimum absolute atomic E-state index is 0.0258. The van der Waals surface area contributed by atoms with Crippen molar-refractivity contribution in [2.45, 2.75) is 18.2 Å². The van der Waals surface area contributed by atoms with E-state index in [-0.39, 0.29) is 29.6 Å². The number of ketones is 1. The molecule has 1 amide bonds. The summed E-state index contributed by atoms with van der Waals surface area (Å²) in [6, 6.07) is 12.5. The molecule has 0 aliphatic rings. The second-order valence-electron chi connectivity index (χ2n) is 5.51. The van der Waals surface area contributed by atoms with Crippen molar-refractivity contribution in [3.8, 4) is 5.75 Å².